The second-order valence-electron chi connectivity index (χ2n) is 4.46. The number of nitrogens with two attached hydrogens (primary N) is 1. The fraction of sp³-hybridized carbons (Fsp3) is 0.308. The van der Waals surface area contributed by atoms with Crippen LogP contribution in [0.2, 0.25) is 0 Å². The summed E-state index contributed by atoms with van der Waals surface area (Å²) in [5.74, 6) is 0.633. The van der Waals surface area contributed by atoms with Gasteiger partial charge in [0.15, 0.2) is 5.03 Å². The first-order valence-electron chi connectivity index (χ1n) is 6.33. The molecule has 0 unspecified atom stereocenters. The van der Waals surface area contributed by atoms with E-state index in [2.05, 4.69) is 14.7 Å². The van der Waals surface area contributed by atoms with Crippen molar-refractivity contribution >= 4 is 15.7 Å². The molecule has 1 heterocycles. The Balaban J connectivity index is 2.35. The maximum atomic E-state index is 12.3. The van der Waals surface area contributed by atoms with Gasteiger partial charge in [0, 0.05) is 13.0 Å². The molecule has 0 radical (unpaired) electrons. The second kappa shape index (κ2) is 5.64. The molecule has 1 aromatic carbocycles. The zero-order chi connectivity index (χ0) is 14.8. The lowest BCUT2D eigenvalue weighted by molar-refractivity contribution is 0.598. The molecule has 0 spiro atoms. The molecule has 2 rings (SSSR count). The van der Waals surface area contributed by atoms with E-state index in [1.807, 2.05) is 19.9 Å². The summed E-state index contributed by atoms with van der Waals surface area (Å²) in [5.41, 5.74) is 7.91. The molecule has 0 atom stereocenters. The Morgan fingerprint density at radius 2 is 2.15 bits per heavy atom. The van der Waals surface area contributed by atoms with Crippen LogP contribution in [-0.2, 0) is 23.0 Å². The van der Waals surface area contributed by atoms with Crippen molar-refractivity contribution < 1.29 is 8.42 Å². The molecule has 0 amide bonds. The number of rotatable bonds is 5. The molecule has 0 saturated carbocycles. The van der Waals surface area contributed by atoms with Crippen molar-refractivity contribution in [3.05, 3.63) is 41.3 Å². The number of hydrogen-bond acceptors (Lipinski definition) is 4. The average molecular weight is 294 g/mol. The van der Waals surface area contributed by atoms with E-state index >= 15 is 0 Å². The van der Waals surface area contributed by atoms with Crippen molar-refractivity contribution in [3.8, 4) is 0 Å². The molecule has 2 aromatic rings. The van der Waals surface area contributed by atoms with Crippen LogP contribution in [0.15, 0.2) is 29.4 Å². The smallest absolute Gasteiger partial charge is 0.278 e. The summed E-state index contributed by atoms with van der Waals surface area (Å²) < 4.78 is 27.1. The maximum Gasteiger partial charge on any atom is 0.278 e. The molecule has 4 N–H and O–H groups in total. The molecular formula is C13H18N4O2S. The average Bonchev–Trinajstić information content (AvgIpc) is 2.88. The predicted octanol–water partition coefficient (Wildman–Crippen LogP) is 1.54. The van der Waals surface area contributed by atoms with E-state index in [1.54, 1.807) is 12.1 Å². The number of aromatic amines is 1. The molecule has 7 heteroatoms. The van der Waals surface area contributed by atoms with Gasteiger partial charge in [-0.25, -0.2) is 4.98 Å². The molecular weight excluding hydrogens is 276 g/mol. The number of aromatic nitrogens is 2. The number of nitrogens with zero attached hydrogens (tertiary/aromatic N) is 1. The van der Waals surface area contributed by atoms with Gasteiger partial charge in [-0.15, -0.1) is 0 Å². The van der Waals surface area contributed by atoms with Crippen LogP contribution in [0.25, 0.3) is 0 Å². The van der Waals surface area contributed by atoms with E-state index in [0.717, 1.165) is 11.1 Å². The van der Waals surface area contributed by atoms with Gasteiger partial charge in [-0.3, -0.25) is 4.72 Å². The number of anilines is 1. The molecule has 1 aromatic heterocycles. The van der Waals surface area contributed by atoms with E-state index in [9.17, 15) is 8.42 Å². The first-order valence-corrected chi connectivity index (χ1v) is 7.81. The number of aryl methyl sites for hydroxylation is 2. The monoisotopic (exact) mass is 294 g/mol. The summed E-state index contributed by atoms with van der Waals surface area (Å²) in [6, 6.07) is 5.38. The third kappa shape index (κ3) is 2.83. The summed E-state index contributed by atoms with van der Waals surface area (Å²) in [6.07, 6.45) is 1.97. The zero-order valence-corrected chi connectivity index (χ0v) is 12.3. The molecule has 0 aliphatic rings. The van der Waals surface area contributed by atoms with E-state index < -0.39 is 10.0 Å². The molecule has 0 aliphatic heterocycles. The number of benzene rings is 1. The maximum absolute atomic E-state index is 12.3. The van der Waals surface area contributed by atoms with Crippen LogP contribution in [0.5, 0.6) is 0 Å². The van der Waals surface area contributed by atoms with Crippen molar-refractivity contribution in [3.63, 3.8) is 0 Å². The van der Waals surface area contributed by atoms with Gasteiger partial charge in [0.05, 0.1) is 11.9 Å². The van der Waals surface area contributed by atoms with Crippen LogP contribution in [0.4, 0.5) is 5.69 Å². The highest BCUT2D eigenvalue weighted by molar-refractivity contribution is 7.92. The van der Waals surface area contributed by atoms with Crippen LogP contribution in [0, 0.1) is 6.92 Å². The lowest BCUT2D eigenvalue weighted by Crippen LogP contribution is -2.16. The van der Waals surface area contributed by atoms with Crippen LogP contribution in [0.3, 0.4) is 0 Å². The van der Waals surface area contributed by atoms with Crippen molar-refractivity contribution in [2.24, 2.45) is 5.73 Å². The van der Waals surface area contributed by atoms with Crippen molar-refractivity contribution in [1.29, 1.82) is 0 Å². The minimum Gasteiger partial charge on any atom is -0.332 e. The normalized spacial score (nSPS) is 11.6. The SMILES string of the molecule is CCc1ncc(S(=O)(=O)Nc2cccc(C)c2CN)[nH]1. The fourth-order valence-electron chi connectivity index (χ4n) is 1.93. The highest BCUT2D eigenvalue weighted by Gasteiger charge is 2.18. The molecule has 0 fully saturated rings. The minimum atomic E-state index is -3.68. The Kier molecular flexibility index (Phi) is 4.10. The largest absolute Gasteiger partial charge is 0.332 e. The van der Waals surface area contributed by atoms with Gasteiger partial charge in [-0.05, 0) is 24.1 Å². The molecule has 0 saturated heterocycles. The van der Waals surface area contributed by atoms with Gasteiger partial charge in [-0.2, -0.15) is 8.42 Å². The second-order valence-corrected chi connectivity index (χ2v) is 6.11. The van der Waals surface area contributed by atoms with Crippen molar-refractivity contribution in [2.75, 3.05) is 4.72 Å². The Hall–Kier alpha value is -1.86. The fourth-order valence-corrected chi connectivity index (χ4v) is 2.96. The number of H-pyrrole nitrogens is 1. The van der Waals surface area contributed by atoms with E-state index in [4.69, 9.17) is 5.73 Å². The molecule has 0 aliphatic carbocycles. The summed E-state index contributed by atoms with van der Waals surface area (Å²) in [7, 11) is -3.68. The summed E-state index contributed by atoms with van der Waals surface area (Å²) in [4.78, 5) is 6.79. The van der Waals surface area contributed by atoms with Crippen molar-refractivity contribution in [2.45, 2.75) is 31.8 Å². The highest BCUT2D eigenvalue weighted by atomic mass is 32.2. The topological polar surface area (TPSA) is 101 Å². The van der Waals surface area contributed by atoms with Crippen LogP contribution >= 0.6 is 0 Å². The lowest BCUT2D eigenvalue weighted by Gasteiger charge is -2.12. The zero-order valence-electron chi connectivity index (χ0n) is 11.5. The minimum absolute atomic E-state index is 0.0545. The Bertz CT molecular complexity index is 707. The number of nitrogens with one attached hydrogen (secondary N) is 2. The molecule has 20 heavy (non-hydrogen) atoms. The first-order chi connectivity index (χ1) is 9.47. The van der Waals surface area contributed by atoms with Crippen LogP contribution in [-0.4, -0.2) is 18.4 Å². The Morgan fingerprint density at radius 3 is 2.75 bits per heavy atom. The van der Waals surface area contributed by atoms with Gasteiger partial charge in [-0.1, -0.05) is 19.1 Å². The molecule has 108 valence electrons. The summed E-state index contributed by atoms with van der Waals surface area (Å²) in [6.45, 7) is 4.06. The van der Waals surface area contributed by atoms with Gasteiger partial charge in [0.2, 0.25) is 0 Å². The van der Waals surface area contributed by atoms with E-state index in [0.29, 0.717) is 17.9 Å². The molecule has 6 nitrogen and oxygen atoms in total. The van der Waals surface area contributed by atoms with Gasteiger partial charge >= 0.3 is 0 Å². The number of hydrogen-bond donors (Lipinski definition) is 3. The van der Waals surface area contributed by atoms with Gasteiger partial charge in [0.25, 0.3) is 10.0 Å². The quantitative estimate of drug-likeness (QED) is 0.778. The summed E-state index contributed by atoms with van der Waals surface area (Å²) >= 11 is 0. The molecule has 0 bridgehead atoms. The van der Waals surface area contributed by atoms with Gasteiger partial charge < -0.3 is 10.7 Å². The lowest BCUT2D eigenvalue weighted by atomic mass is 10.1. The summed E-state index contributed by atoms with van der Waals surface area (Å²) in [5, 5.41) is 0.0545. The van der Waals surface area contributed by atoms with Gasteiger partial charge in [0.1, 0.15) is 5.82 Å². The standard InChI is InChI=1S/C13H18N4O2S/c1-3-12-15-8-13(16-12)20(18,19)17-11-6-4-5-9(2)10(11)7-14/h4-6,8,17H,3,7,14H2,1-2H3,(H,15,16). The van der Waals surface area contributed by atoms with Crippen LogP contribution in [0.1, 0.15) is 23.9 Å². The van der Waals surface area contributed by atoms with Crippen molar-refractivity contribution in [1.82, 2.24) is 9.97 Å². The Morgan fingerprint density at radius 1 is 1.40 bits per heavy atom. The number of sulfonamides is 1. The predicted molar refractivity (Wildman–Crippen MR) is 77.8 cm³/mol. The first kappa shape index (κ1) is 14.5. The van der Waals surface area contributed by atoms with Crippen LogP contribution < -0.4 is 10.5 Å². The van der Waals surface area contributed by atoms with E-state index in [1.165, 1.54) is 6.20 Å². The van der Waals surface area contributed by atoms with E-state index in [-0.39, 0.29) is 11.6 Å². The third-order valence-electron chi connectivity index (χ3n) is 3.09. The highest BCUT2D eigenvalue weighted by Crippen LogP contribution is 2.22. The number of imidazole rings is 1. The third-order valence-corrected chi connectivity index (χ3v) is 4.36. The Labute approximate surface area is 118 Å².